The van der Waals surface area contributed by atoms with Gasteiger partial charge in [0.25, 0.3) is 0 Å². The predicted molar refractivity (Wildman–Crippen MR) is 100 cm³/mol. The third-order valence-corrected chi connectivity index (χ3v) is 5.80. The molecule has 1 aliphatic rings. The van der Waals surface area contributed by atoms with Gasteiger partial charge in [-0.2, -0.15) is 5.26 Å². The number of benzene rings is 1. The summed E-state index contributed by atoms with van der Waals surface area (Å²) in [7, 11) is 1.76. The van der Waals surface area contributed by atoms with Crippen LogP contribution in [0.2, 0.25) is 0 Å². The molecule has 1 aromatic rings. The Hall–Kier alpha value is -2.00. The highest BCUT2D eigenvalue weighted by atomic mass is 32.2. The van der Waals surface area contributed by atoms with E-state index in [2.05, 4.69) is 11.4 Å². The molecule has 0 heterocycles. The van der Waals surface area contributed by atoms with Crippen LogP contribution in [0.5, 0.6) is 0 Å². The number of hydrogen-bond acceptors (Lipinski definition) is 4. The summed E-state index contributed by atoms with van der Waals surface area (Å²) in [6.07, 6.45) is 4.65. The molecule has 5 nitrogen and oxygen atoms in total. The lowest BCUT2D eigenvalue weighted by atomic mass is 9.81. The minimum atomic E-state index is -0.653. The zero-order valence-corrected chi connectivity index (χ0v) is 15.9. The number of carbonyl (C=O) groups excluding carboxylic acids is 2. The van der Waals surface area contributed by atoms with Gasteiger partial charge in [0.1, 0.15) is 5.54 Å². The van der Waals surface area contributed by atoms with Crippen LogP contribution in [0.3, 0.4) is 0 Å². The highest BCUT2D eigenvalue weighted by molar-refractivity contribution is 8.00. The summed E-state index contributed by atoms with van der Waals surface area (Å²) in [5.74, 6) is -0.126. The molecule has 2 amide bonds. The molecule has 0 unspecified atom stereocenters. The van der Waals surface area contributed by atoms with E-state index in [-0.39, 0.29) is 17.1 Å². The van der Waals surface area contributed by atoms with Gasteiger partial charge in [0.2, 0.25) is 11.8 Å². The van der Waals surface area contributed by atoms with Crippen LogP contribution in [0.4, 0.5) is 5.69 Å². The first-order valence-corrected chi connectivity index (χ1v) is 9.49. The summed E-state index contributed by atoms with van der Waals surface area (Å²) in [5.41, 5.74) is 0.0814. The number of thioether (sulfide) groups is 1. The van der Waals surface area contributed by atoms with Crippen LogP contribution in [-0.4, -0.2) is 34.6 Å². The molecule has 1 aromatic carbocycles. The molecule has 1 saturated carbocycles. The van der Waals surface area contributed by atoms with Crippen LogP contribution in [0.25, 0.3) is 0 Å². The summed E-state index contributed by atoms with van der Waals surface area (Å²) in [6, 6.07) is 9.82. The Kier molecular flexibility index (Phi) is 6.49. The first-order valence-electron chi connectivity index (χ1n) is 8.61. The monoisotopic (exact) mass is 359 g/mol. The summed E-state index contributed by atoms with van der Waals surface area (Å²) < 4.78 is 0. The van der Waals surface area contributed by atoms with Gasteiger partial charge in [-0.3, -0.25) is 9.59 Å². The van der Waals surface area contributed by atoms with Gasteiger partial charge in [-0.05, 0) is 44.0 Å². The van der Waals surface area contributed by atoms with Crippen molar-refractivity contribution in [2.24, 2.45) is 0 Å². The van der Waals surface area contributed by atoms with Crippen molar-refractivity contribution in [3.05, 3.63) is 24.3 Å². The number of rotatable bonds is 5. The first-order chi connectivity index (χ1) is 11.9. The minimum absolute atomic E-state index is 0.0145. The van der Waals surface area contributed by atoms with Crippen LogP contribution in [0, 0.1) is 11.3 Å². The van der Waals surface area contributed by atoms with Crippen molar-refractivity contribution in [3.8, 4) is 6.07 Å². The fourth-order valence-electron chi connectivity index (χ4n) is 3.22. The van der Waals surface area contributed by atoms with Crippen molar-refractivity contribution in [1.82, 2.24) is 4.90 Å². The lowest BCUT2D eigenvalue weighted by Gasteiger charge is -2.40. The molecule has 2 rings (SSSR count). The largest absolute Gasteiger partial charge is 0.326 e. The number of carbonyl (C=O) groups is 2. The second-order valence-corrected chi connectivity index (χ2v) is 7.98. The molecule has 134 valence electrons. The topological polar surface area (TPSA) is 73.2 Å². The summed E-state index contributed by atoms with van der Waals surface area (Å²) in [5, 5.41) is 12.1. The number of amides is 2. The van der Waals surface area contributed by atoms with E-state index in [1.165, 1.54) is 18.7 Å². The summed E-state index contributed by atoms with van der Waals surface area (Å²) in [6.45, 7) is 3.34. The van der Waals surface area contributed by atoms with Crippen molar-refractivity contribution in [2.75, 3.05) is 12.4 Å². The van der Waals surface area contributed by atoms with Crippen molar-refractivity contribution in [2.45, 2.75) is 61.6 Å². The number of anilines is 1. The van der Waals surface area contributed by atoms with Gasteiger partial charge < -0.3 is 10.2 Å². The maximum absolute atomic E-state index is 12.8. The molecule has 0 aromatic heterocycles. The van der Waals surface area contributed by atoms with Crippen molar-refractivity contribution < 1.29 is 9.59 Å². The quantitative estimate of drug-likeness (QED) is 0.811. The van der Waals surface area contributed by atoms with E-state index < -0.39 is 5.54 Å². The molecule has 0 aliphatic heterocycles. The number of nitriles is 1. The van der Waals surface area contributed by atoms with E-state index in [9.17, 15) is 14.9 Å². The van der Waals surface area contributed by atoms with Crippen LogP contribution < -0.4 is 5.32 Å². The van der Waals surface area contributed by atoms with Gasteiger partial charge in [0.05, 0.1) is 11.3 Å². The van der Waals surface area contributed by atoms with Crippen LogP contribution in [0.15, 0.2) is 29.2 Å². The molecular formula is C19H25N3O2S. The van der Waals surface area contributed by atoms with Crippen LogP contribution in [0.1, 0.15) is 46.0 Å². The average Bonchev–Trinajstić information content (AvgIpc) is 2.62. The Balaban J connectivity index is 2.01. The average molecular weight is 359 g/mol. The molecular weight excluding hydrogens is 334 g/mol. The van der Waals surface area contributed by atoms with E-state index in [0.29, 0.717) is 0 Å². The number of hydrogen-bond donors (Lipinski definition) is 1. The van der Waals surface area contributed by atoms with Gasteiger partial charge in [-0.15, -0.1) is 11.8 Å². The van der Waals surface area contributed by atoms with Gasteiger partial charge >= 0.3 is 0 Å². The van der Waals surface area contributed by atoms with E-state index in [0.717, 1.165) is 42.7 Å². The Morgan fingerprint density at radius 1 is 1.24 bits per heavy atom. The SMILES string of the molecule is CC(=O)Nc1ccc(S[C@H](C)C(=O)N(C)C2(C#N)CCCCC2)cc1. The second-order valence-electron chi connectivity index (χ2n) is 6.57. The van der Waals surface area contributed by atoms with Gasteiger partial charge in [0.15, 0.2) is 0 Å². The molecule has 1 atom stereocenters. The Labute approximate surface area is 153 Å². The molecule has 1 N–H and O–H groups in total. The smallest absolute Gasteiger partial charge is 0.236 e. The Morgan fingerprint density at radius 3 is 2.36 bits per heavy atom. The lowest BCUT2D eigenvalue weighted by molar-refractivity contribution is -0.133. The Bertz CT molecular complexity index is 660. The standard InChI is InChI=1S/C19H25N3O2S/c1-14(25-17-9-7-16(8-10-17)21-15(2)23)18(24)22(3)19(13-20)11-5-4-6-12-19/h7-10,14H,4-6,11-12H2,1-3H3,(H,21,23)/t14-/m1/s1. The van der Waals surface area contributed by atoms with Crippen molar-refractivity contribution in [3.63, 3.8) is 0 Å². The summed E-state index contributed by atoms with van der Waals surface area (Å²) >= 11 is 1.47. The highest BCUT2D eigenvalue weighted by Gasteiger charge is 2.40. The van der Waals surface area contributed by atoms with Crippen molar-refractivity contribution in [1.29, 1.82) is 5.26 Å². The number of nitrogens with one attached hydrogen (secondary N) is 1. The third kappa shape index (κ3) is 4.76. The van der Waals surface area contributed by atoms with E-state index in [1.807, 2.05) is 31.2 Å². The minimum Gasteiger partial charge on any atom is -0.326 e. The lowest BCUT2D eigenvalue weighted by Crippen LogP contribution is -2.52. The molecule has 1 fully saturated rings. The third-order valence-electron chi connectivity index (χ3n) is 4.70. The fraction of sp³-hybridized carbons (Fsp3) is 0.526. The molecule has 0 saturated heterocycles. The summed E-state index contributed by atoms with van der Waals surface area (Å²) in [4.78, 5) is 26.5. The molecule has 0 radical (unpaired) electrons. The molecule has 0 bridgehead atoms. The van der Waals surface area contributed by atoms with Crippen LogP contribution >= 0.6 is 11.8 Å². The molecule has 25 heavy (non-hydrogen) atoms. The van der Waals surface area contributed by atoms with Crippen molar-refractivity contribution >= 4 is 29.3 Å². The zero-order valence-electron chi connectivity index (χ0n) is 15.0. The van der Waals surface area contributed by atoms with E-state index >= 15 is 0 Å². The van der Waals surface area contributed by atoms with Gasteiger partial charge in [-0.25, -0.2) is 0 Å². The highest BCUT2D eigenvalue weighted by Crippen LogP contribution is 2.34. The van der Waals surface area contributed by atoms with Crippen LogP contribution in [-0.2, 0) is 9.59 Å². The molecule has 6 heteroatoms. The molecule has 1 aliphatic carbocycles. The van der Waals surface area contributed by atoms with Gasteiger partial charge in [-0.1, -0.05) is 19.3 Å². The van der Waals surface area contributed by atoms with E-state index in [1.54, 1.807) is 11.9 Å². The Morgan fingerprint density at radius 2 is 1.84 bits per heavy atom. The number of nitrogens with zero attached hydrogens (tertiary/aromatic N) is 2. The molecule has 0 spiro atoms. The second kappa shape index (κ2) is 8.39. The normalized spacial score (nSPS) is 17.2. The maximum atomic E-state index is 12.8. The van der Waals surface area contributed by atoms with Gasteiger partial charge in [0, 0.05) is 24.6 Å². The zero-order chi connectivity index (χ0) is 18.4. The maximum Gasteiger partial charge on any atom is 0.236 e. The predicted octanol–water partition coefficient (Wildman–Crippen LogP) is 3.81. The first kappa shape index (κ1) is 19.3. The van der Waals surface area contributed by atoms with E-state index in [4.69, 9.17) is 0 Å². The fourth-order valence-corrected chi connectivity index (χ4v) is 4.18.